The average molecular weight is 260 g/mol. The number of rotatable bonds is 11. The zero-order valence-corrected chi connectivity index (χ0v) is 12.3. The van der Waals surface area contributed by atoms with Crippen LogP contribution in [0.5, 0.6) is 0 Å². The zero-order valence-electron chi connectivity index (χ0n) is 12.3. The maximum absolute atomic E-state index is 5.67. The van der Waals surface area contributed by atoms with Gasteiger partial charge in [0.25, 0.3) is 0 Å². The van der Waals surface area contributed by atoms with Crippen LogP contribution in [0.1, 0.15) is 57.4 Å². The molecule has 0 amide bonds. The Kier molecular flexibility index (Phi) is 10.1. The smallest absolute Gasteiger partial charge is 0.0716 e. The van der Waals surface area contributed by atoms with E-state index in [1.165, 1.54) is 50.5 Å². The molecule has 0 atom stereocenters. The van der Waals surface area contributed by atoms with Gasteiger partial charge in [-0.3, -0.25) is 0 Å². The van der Waals surface area contributed by atoms with E-state index in [9.17, 15) is 0 Å². The number of hydrogen-bond acceptors (Lipinski definition) is 1. The topological polar surface area (TPSA) is 9.23 Å². The van der Waals surface area contributed by atoms with Gasteiger partial charge < -0.3 is 4.74 Å². The Morgan fingerprint density at radius 2 is 1.63 bits per heavy atom. The number of unbranched alkanes of at least 4 members (excludes halogenated alkanes) is 5. The molecule has 0 saturated carbocycles. The van der Waals surface area contributed by atoms with E-state index in [1.807, 2.05) is 6.07 Å². The van der Waals surface area contributed by atoms with Crippen LogP contribution in [0.15, 0.2) is 42.5 Å². The molecule has 0 radical (unpaired) electrons. The molecule has 0 aliphatic rings. The highest BCUT2D eigenvalue weighted by Gasteiger charge is 1.93. The van der Waals surface area contributed by atoms with Crippen molar-refractivity contribution in [1.29, 1.82) is 0 Å². The fourth-order valence-corrected chi connectivity index (χ4v) is 2.05. The van der Waals surface area contributed by atoms with Gasteiger partial charge in [-0.15, -0.1) is 0 Å². The molecular weight excluding hydrogens is 232 g/mol. The highest BCUT2D eigenvalue weighted by atomic mass is 16.5. The Labute approximate surface area is 118 Å². The number of hydrogen-bond donors (Lipinski definition) is 0. The third-order valence-electron chi connectivity index (χ3n) is 3.17. The summed E-state index contributed by atoms with van der Waals surface area (Å²) in [6, 6.07) is 10.4. The quantitative estimate of drug-likeness (QED) is 0.376. The normalized spacial score (nSPS) is 11.2. The predicted octanol–water partition coefficient (Wildman–Crippen LogP) is 5.51. The monoisotopic (exact) mass is 260 g/mol. The van der Waals surface area contributed by atoms with Crippen LogP contribution in [-0.2, 0) is 11.3 Å². The van der Waals surface area contributed by atoms with E-state index >= 15 is 0 Å². The summed E-state index contributed by atoms with van der Waals surface area (Å²) in [5.41, 5.74) is 1.27. The van der Waals surface area contributed by atoms with E-state index < -0.39 is 0 Å². The molecule has 1 aromatic rings. The summed E-state index contributed by atoms with van der Waals surface area (Å²) < 4.78 is 5.67. The summed E-state index contributed by atoms with van der Waals surface area (Å²) in [5.74, 6) is 0. The Morgan fingerprint density at radius 3 is 2.42 bits per heavy atom. The molecule has 1 aromatic carbocycles. The third kappa shape index (κ3) is 9.49. The molecule has 0 N–H and O–H groups in total. The van der Waals surface area contributed by atoms with Gasteiger partial charge >= 0.3 is 0 Å². The predicted molar refractivity (Wildman–Crippen MR) is 83.2 cm³/mol. The summed E-state index contributed by atoms with van der Waals surface area (Å²) in [6.07, 6.45) is 13.5. The van der Waals surface area contributed by atoms with Gasteiger partial charge in [0.1, 0.15) is 0 Å². The first kappa shape index (κ1) is 16.0. The largest absolute Gasteiger partial charge is 0.377 e. The molecule has 0 aromatic heterocycles. The lowest BCUT2D eigenvalue weighted by Gasteiger charge is -2.04. The second-order valence-electron chi connectivity index (χ2n) is 4.97. The van der Waals surface area contributed by atoms with Crippen LogP contribution in [-0.4, -0.2) is 6.61 Å². The van der Waals surface area contributed by atoms with Gasteiger partial charge in [0.15, 0.2) is 0 Å². The van der Waals surface area contributed by atoms with Crippen LogP contribution in [0.2, 0.25) is 0 Å². The molecule has 19 heavy (non-hydrogen) atoms. The minimum Gasteiger partial charge on any atom is -0.377 e. The molecule has 0 heterocycles. The molecule has 0 aliphatic carbocycles. The second kappa shape index (κ2) is 12.0. The lowest BCUT2D eigenvalue weighted by atomic mass is 10.1. The van der Waals surface area contributed by atoms with E-state index in [4.69, 9.17) is 4.74 Å². The van der Waals surface area contributed by atoms with Gasteiger partial charge in [0.05, 0.1) is 6.61 Å². The SMILES string of the molecule is CC/C=C/CCCCCCCOCc1ccccc1. The molecule has 0 unspecified atom stereocenters. The van der Waals surface area contributed by atoms with E-state index in [0.717, 1.165) is 13.2 Å². The minimum atomic E-state index is 0.753. The molecular formula is C18H28O. The van der Waals surface area contributed by atoms with Gasteiger partial charge in [-0.1, -0.05) is 68.7 Å². The van der Waals surface area contributed by atoms with Gasteiger partial charge in [-0.25, -0.2) is 0 Å². The number of ether oxygens (including phenoxy) is 1. The van der Waals surface area contributed by atoms with Crippen molar-refractivity contribution in [2.75, 3.05) is 6.61 Å². The van der Waals surface area contributed by atoms with E-state index in [1.54, 1.807) is 0 Å². The summed E-state index contributed by atoms with van der Waals surface area (Å²) in [7, 11) is 0. The zero-order chi connectivity index (χ0) is 13.6. The van der Waals surface area contributed by atoms with E-state index in [0.29, 0.717) is 0 Å². The second-order valence-corrected chi connectivity index (χ2v) is 4.97. The molecule has 1 nitrogen and oxygen atoms in total. The van der Waals surface area contributed by atoms with Crippen LogP contribution >= 0.6 is 0 Å². The van der Waals surface area contributed by atoms with Crippen molar-refractivity contribution < 1.29 is 4.74 Å². The molecule has 0 bridgehead atoms. The Bertz CT molecular complexity index is 316. The van der Waals surface area contributed by atoms with Crippen LogP contribution in [0, 0.1) is 0 Å². The molecule has 1 rings (SSSR count). The van der Waals surface area contributed by atoms with Crippen molar-refractivity contribution in [2.45, 2.75) is 58.5 Å². The lowest BCUT2D eigenvalue weighted by Crippen LogP contribution is -1.95. The first-order valence-electron chi connectivity index (χ1n) is 7.70. The maximum Gasteiger partial charge on any atom is 0.0716 e. The van der Waals surface area contributed by atoms with Gasteiger partial charge in [0, 0.05) is 6.61 Å². The fraction of sp³-hybridized carbons (Fsp3) is 0.556. The summed E-state index contributed by atoms with van der Waals surface area (Å²) >= 11 is 0. The molecule has 0 spiro atoms. The summed E-state index contributed by atoms with van der Waals surface area (Å²) in [6.45, 7) is 3.83. The molecule has 106 valence electrons. The van der Waals surface area contributed by atoms with Crippen LogP contribution in [0.3, 0.4) is 0 Å². The lowest BCUT2D eigenvalue weighted by molar-refractivity contribution is 0.116. The van der Waals surface area contributed by atoms with Gasteiger partial charge in [0.2, 0.25) is 0 Å². The van der Waals surface area contributed by atoms with Crippen molar-refractivity contribution in [3.63, 3.8) is 0 Å². The van der Waals surface area contributed by atoms with Crippen molar-refractivity contribution in [3.8, 4) is 0 Å². The first-order chi connectivity index (χ1) is 9.43. The van der Waals surface area contributed by atoms with Crippen molar-refractivity contribution >= 4 is 0 Å². The standard InChI is InChI=1S/C18H28O/c1-2-3-4-5-6-7-8-9-13-16-19-17-18-14-11-10-12-15-18/h3-4,10-12,14-15H,2,5-9,13,16-17H2,1H3/b4-3+. The Hall–Kier alpha value is -1.08. The average Bonchev–Trinajstić information content (AvgIpc) is 2.46. The molecule has 1 heteroatoms. The molecule has 0 fully saturated rings. The van der Waals surface area contributed by atoms with Gasteiger partial charge in [-0.2, -0.15) is 0 Å². The number of benzene rings is 1. The van der Waals surface area contributed by atoms with Crippen LogP contribution in [0.25, 0.3) is 0 Å². The third-order valence-corrected chi connectivity index (χ3v) is 3.17. The maximum atomic E-state index is 5.67. The van der Waals surface area contributed by atoms with Crippen LogP contribution in [0.4, 0.5) is 0 Å². The highest BCUT2D eigenvalue weighted by Crippen LogP contribution is 2.07. The first-order valence-corrected chi connectivity index (χ1v) is 7.70. The summed E-state index contributed by atoms with van der Waals surface area (Å²) in [4.78, 5) is 0. The Balaban J connectivity index is 1.83. The highest BCUT2D eigenvalue weighted by molar-refractivity contribution is 5.13. The van der Waals surface area contributed by atoms with Crippen LogP contribution < -0.4 is 0 Å². The molecule has 0 aliphatic heterocycles. The molecule has 0 saturated heterocycles. The Morgan fingerprint density at radius 1 is 0.895 bits per heavy atom. The van der Waals surface area contributed by atoms with E-state index in [2.05, 4.69) is 43.3 Å². The van der Waals surface area contributed by atoms with Crippen molar-refractivity contribution in [3.05, 3.63) is 48.0 Å². The fourth-order valence-electron chi connectivity index (χ4n) is 2.05. The summed E-state index contributed by atoms with van der Waals surface area (Å²) in [5, 5.41) is 0. The minimum absolute atomic E-state index is 0.753. The number of allylic oxidation sites excluding steroid dienone is 2. The van der Waals surface area contributed by atoms with Crippen molar-refractivity contribution in [1.82, 2.24) is 0 Å². The van der Waals surface area contributed by atoms with Crippen molar-refractivity contribution in [2.24, 2.45) is 0 Å². The van der Waals surface area contributed by atoms with Gasteiger partial charge in [-0.05, 0) is 31.2 Å². The van der Waals surface area contributed by atoms with E-state index in [-0.39, 0.29) is 0 Å².